The number of likely N-dealkylation sites (tertiary alicyclic amines) is 1. The molecule has 0 spiro atoms. The maximum atomic E-state index is 9.33. The van der Waals surface area contributed by atoms with E-state index in [0.717, 1.165) is 19.5 Å². The summed E-state index contributed by atoms with van der Waals surface area (Å²) >= 11 is 0. The minimum atomic E-state index is -0.126. The molecule has 1 heterocycles. The number of aliphatic hydroxyl groups is 1. The fourth-order valence-electron chi connectivity index (χ4n) is 1.68. The first-order chi connectivity index (χ1) is 6.11. The molecular weight excluding hydrogens is 162 g/mol. The Kier molecular flexibility index (Phi) is 6.35. The van der Waals surface area contributed by atoms with Crippen LogP contribution in [0.4, 0.5) is 0 Å². The standard InChI is InChI=1S/C9H19NO.C2H6/c1-7(2)10-5-4-9(6-10)8(3)11;1-2/h7-9,11H,4-6H2,1-3H3;1-2H3. The predicted molar refractivity (Wildman–Crippen MR) is 57.8 cm³/mol. The van der Waals surface area contributed by atoms with Crippen molar-refractivity contribution in [2.45, 2.75) is 53.2 Å². The number of nitrogens with zero attached hydrogens (tertiary/aromatic N) is 1. The molecule has 0 aliphatic carbocycles. The van der Waals surface area contributed by atoms with E-state index < -0.39 is 0 Å². The van der Waals surface area contributed by atoms with Gasteiger partial charge in [0.1, 0.15) is 0 Å². The normalized spacial score (nSPS) is 25.6. The second-order valence-electron chi connectivity index (χ2n) is 3.88. The number of hydrogen-bond donors (Lipinski definition) is 1. The van der Waals surface area contributed by atoms with Crippen LogP contribution in [0.15, 0.2) is 0 Å². The number of hydrogen-bond acceptors (Lipinski definition) is 2. The maximum Gasteiger partial charge on any atom is 0.0552 e. The van der Waals surface area contributed by atoms with Gasteiger partial charge in [-0.1, -0.05) is 13.8 Å². The molecule has 0 saturated carbocycles. The van der Waals surface area contributed by atoms with Crippen LogP contribution in [0.1, 0.15) is 41.0 Å². The van der Waals surface area contributed by atoms with E-state index in [1.165, 1.54) is 0 Å². The zero-order valence-electron chi connectivity index (χ0n) is 9.75. The molecule has 1 aliphatic rings. The molecule has 2 atom stereocenters. The van der Waals surface area contributed by atoms with E-state index in [1.54, 1.807) is 0 Å². The second-order valence-corrected chi connectivity index (χ2v) is 3.88. The quantitative estimate of drug-likeness (QED) is 0.716. The summed E-state index contributed by atoms with van der Waals surface area (Å²) < 4.78 is 0. The Labute approximate surface area is 82.9 Å². The molecule has 1 fully saturated rings. The lowest BCUT2D eigenvalue weighted by atomic mass is 10.0. The summed E-state index contributed by atoms with van der Waals surface area (Å²) in [6.45, 7) is 12.6. The van der Waals surface area contributed by atoms with Gasteiger partial charge in [0.15, 0.2) is 0 Å². The number of rotatable bonds is 2. The van der Waals surface area contributed by atoms with Gasteiger partial charge in [-0.2, -0.15) is 0 Å². The first kappa shape index (κ1) is 12.9. The third kappa shape index (κ3) is 4.10. The third-order valence-corrected chi connectivity index (χ3v) is 2.67. The molecule has 0 aromatic rings. The van der Waals surface area contributed by atoms with Gasteiger partial charge in [-0.15, -0.1) is 0 Å². The van der Waals surface area contributed by atoms with Crippen molar-refractivity contribution in [2.75, 3.05) is 13.1 Å². The minimum Gasteiger partial charge on any atom is -0.393 e. The zero-order valence-corrected chi connectivity index (χ0v) is 9.75. The molecule has 1 saturated heterocycles. The molecule has 0 bridgehead atoms. The maximum absolute atomic E-state index is 9.33. The van der Waals surface area contributed by atoms with Crippen LogP contribution < -0.4 is 0 Å². The van der Waals surface area contributed by atoms with Crippen molar-refractivity contribution in [3.63, 3.8) is 0 Å². The van der Waals surface area contributed by atoms with Crippen molar-refractivity contribution in [2.24, 2.45) is 5.92 Å². The van der Waals surface area contributed by atoms with Crippen LogP contribution in [0, 0.1) is 5.92 Å². The van der Waals surface area contributed by atoms with E-state index in [1.807, 2.05) is 20.8 Å². The SMILES string of the molecule is CC.CC(O)C1CCN(C(C)C)C1. The second kappa shape index (κ2) is 6.39. The summed E-state index contributed by atoms with van der Waals surface area (Å²) in [6, 6.07) is 0.638. The van der Waals surface area contributed by atoms with Gasteiger partial charge in [0, 0.05) is 12.6 Å². The first-order valence-electron chi connectivity index (χ1n) is 5.53. The van der Waals surface area contributed by atoms with Crippen LogP contribution in [-0.4, -0.2) is 35.2 Å². The lowest BCUT2D eigenvalue weighted by Crippen LogP contribution is -2.29. The van der Waals surface area contributed by atoms with Crippen molar-refractivity contribution in [3.05, 3.63) is 0 Å². The summed E-state index contributed by atoms with van der Waals surface area (Å²) in [5.41, 5.74) is 0. The Bertz CT molecular complexity index is 109. The Morgan fingerprint density at radius 2 is 1.77 bits per heavy atom. The Morgan fingerprint density at radius 1 is 1.23 bits per heavy atom. The van der Waals surface area contributed by atoms with E-state index >= 15 is 0 Å². The summed E-state index contributed by atoms with van der Waals surface area (Å²) in [4.78, 5) is 2.43. The molecule has 0 amide bonds. The molecule has 0 aromatic carbocycles. The largest absolute Gasteiger partial charge is 0.393 e. The average Bonchev–Trinajstić information content (AvgIpc) is 2.56. The van der Waals surface area contributed by atoms with Gasteiger partial charge in [-0.25, -0.2) is 0 Å². The Morgan fingerprint density at radius 3 is 2.00 bits per heavy atom. The van der Waals surface area contributed by atoms with Crippen LogP contribution >= 0.6 is 0 Å². The fraction of sp³-hybridized carbons (Fsp3) is 1.00. The number of aliphatic hydroxyl groups excluding tert-OH is 1. The van der Waals surface area contributed by atoms with Gasteiger partial charge < -0.3 is 10.0 Å². The van der Waals surface area contributed by atoms with Gasteiger partial charge in [-0.05, 0) is 39.7 Å². The van der Waals surface area contributed by atoms with E-state index in [2.05, 4.69) is 18.7 Å². The van der Waals surface area contributed by atoms with E-state index in [4.69, 9.17) is 0 Å². The highest BCUT2D eigenvalue weighted by molar-refractivity contribution is 4.80. The molecule has 80 valence electrons. The molecule has 2 nitrogen and oxygen atoms in total. The van der Waals surface area contributed by atoms with Crippen molar-refractivity contribution >= 4 is 0 Å². The highest BCUT2D eigenvalue weighted by atomic mass is 16.3. The van der Waals surface area contributed by atoms with Crippen molar-refractivity contribution in [3.8, 4) is 0 Å². The van der Waals surface area contributed by atoms with Crippen LogP contribution in [-0.2, 0) is 0 Å². The summed E-state index contributed by atoms with van der Waals surface area (Å²) in [6.07, 6.45) is 1.04. The Hall–Kier alpha value is -0.0800. The average molecular weight is 187 g/mol. The van der Waals surface area contributed by atoms with Crippen LogP contribution in [0.2, 0.25) is 0 Å². The highest BCUT2D eigenvalue weighted by Gasteiger charge is 2.26. The van der Waals surface area contributed by atoms with Crippen LogP contribution in [0.5, 0.6) is 0 Å². The van der Waals surface area contributed by atoms with Gasteiger partial charge in [0.2, 0.25) is 0 Å². The molecule has 13 heavy (non-hydrogen) atoms. The monoisotopic (exact) mass is 187 g/mol. The molecule has 1 N–H and O–H groups in total. The highest BCUT2D eigenvalue weighted by Crippen LogP contribution is 2.20. The predicted octanol–water partition coefficient (Wildman–Crippen LogP) is 2.12. The van der Waals surface area contributed by atoms with Crippen molar-refractivity contribution in [1.82, 2.24) is 4.90 Å². The molecule has 0 radical (unpaired) electrons. The smallest absolute Gasteiger partial charge is 0.0552 e. The third-order valence-electron chi connectivity index (χ3n) is 2.67. The van der Waals surface area contributed by atoms with E-state index in [9.17, 15) is 5.11 Å². The van der Waals surface area contributed by atoms with E-state index in [0.29, 0.717) is 12.0 Å². The Balaban J connectivity index is 0.000000671. The van der Waals surface area contributed by atoms with Crippen LogP contribution in [0.25, 0.3) is 0 Å². The fourth-order valence-corrected chi connectivity index (χ4v) is 1.68. The van der Waals surface area contributed by atoms with Crippen molar-refractivity contribution in [1.29, 1.82) is 0 Å². The van der Waals surface area contributed by atoms with Gasteiger partial charge >= 0.3 is 0 Å². The zero-order chi connectivity index (χ0) is 10.4. The lowest BCUT2D eigenvalue weighted by Gasteiger charge is -2.20. The molecule has 2 unspecified atom stereocenters. The first-order valence-corrected chi connectivity index (χ1v) is 5.53. The van der Waals surface area contributed by atoms with Gasteiger partial charge in [-0.3, -0.25) is 0 Å². The summed E-state index contributed by atoms with van der Waals surface area (Å²) in [7, 11) is 0. The molecule has 2 heteroatoms. The lowest BCUT2D eigenvalue weighted by molar-refractivity contribution is 0.124. The topological polar surface area (TPSA) is 23.5 Å². The molecule has 1 aliphatic heterocycles. The van der Waals surface area contributed by atoms with Crippen LogP contribution in [0.3, 0.4) is 0 Å². The minimum absolute atomic E-state index is 0.126. The summed E-state index contributed by atoms with van der Waals surface area (Å²) in [5.74, 6) is 0.511. The molecule has 0 aromatic heterocycles. The van der Waals surface area contributed by atoms with Crippen molar-refractivity contribution < 1.29 is 5.11 Å². The van der Waals surface area contributed by atoms with Gasteiger partial charge in [0.05, 0.1) is 6.10 Å². The van der Waals surface area contributed by atoms with E-state index in [-0.39, 0.29) is 6.10 Å². The molecular formula is C11H25NO. The van der Waals surface area contributed by atoms with Gasteiger partial charge in [0.25, 0.3) is 0 Å². The molecule has 1 rings (SSSR count). The summed E-state index contributed by atoms with van der Waals surface area (Å²) in [5, 5.41) is 9.33.